The van der Waals surface area contributed by atoms with Gasteiger partial charge in [-0.1, -0.05) is 31.9 Å². The van der Waals surface area contributed by atoms with Crippen molar-refractivity contribution in [2.45, 2.75) is 52.6 Å². The molecule has 5 rings (SSSR count). The SMILES string of the molecule is CCCCCOc1cccc(C2c3c(oc4cc(C)c(C)cc4c3=O)C(=O)N2Cc2ccco2)c1. The number of nitrogens with zero attached hydrogens (tertiary/aromatic N) is 1. The van der Waals surface area contributed by atoms with E-state index in [1.54, 1.807) is 17.2 Å². The lowest BCUT2D eigenvalue weighted by atomic mass is 9.97. The van der Waals surface area contributed by atoms with Crippen LogP contribution in [-0.4, -0.2) is 17.4 Å². The zero-order valence-electron chi connectivity index (χ0n) is 20.3. The molecule has 0 spiro atoms. The number of amides is 1. The van der Waals surface area contributed by atoms with E-state index in [4.69, 9.17) is 13.6 Å². The quantitative estimate of drug-likeness (QED) is 0.281. The fourth-order valence-corrected chi connectivity index (χ4v) is 4.67. The fourth-order valence-electron chi connectivity index (χ4n) is 4.67. The standard InChI is InChI=1S/C29H29NO5/c1-4-5-6-12-33-21-10-7-9-20(16-21)26-25-27(31)23-14-18(2)19(3)15-24(23)35-28(25)29(32)30(26)17-22-11-8-13-34-22/h7-11,13-16,26H,4-6,12,17H2,1-3H3. The molecule has 35 heavy (non-hydrogen) atoms. The minimum atomic E-state index is -0.607. The Morgan fingerprint density at radius 1 is 1.00 bits per heavy atom. The summed E-state index contributed by atoms with van der Waals surface area (Å²) in [4.78, 5) is 29.0. The molecule has 1 unspecified atom stereocenters. The highest BCUT2D eigenvalue weighted by atomic mass is 16.5. The summed E-state index contributed by atoms with van der Waals surface area (Å²) in [6.45, 7) is 6.92. The summed E-state index contributed by atoms with van der Waals surface area (Å²) in [5, 5.41) is 0.483. The van der Waals surface area contributed by atoms with Crippen LogP contribution < -0.4 is 10.2 Å². The van der Waals surface area contributed by atoms with Crippen LogP contribution in [0.25, 0.3) is 11.0 Å². The summed E-state index contributed by atoms with van der Waals surface area (Å²) in [6, 6.07) is 14.3. The highest BCUT2D eigenvalue weighted by Gasteiger charge is 2.43. The third kappa shape index (κ3) is 4.25. The molecule has 1 aliphatic rings. The Morgan fingerprint density at radius 2 is 1.83 bits per heavy atom. The Balaban J connectivity index is 1.63. The summed E-state index contributed by atoms with van der Waals surface area (Å²) in [7, 11) is 0. The smallest absolute Gasteiger partial charge is 0.291 e. The van der Waals surface area contributed by atoms with Crippen molar-refractivity contribution in [3.63, 3.8) is 0 Å². The Morgan fingerprint density at radius 3 is 2.60 bits per heavy atom. The van der Waals surface area contributed by atoms with Crippen molar-refractivity contribution in [2.75, 3.05) is 6.61 Å². The van der Waals surface area contributed by atoms with Crippen LogP contribution >= 0.6 is 0 Å². The van der Waals surface area contributed by atoms with E-state index in [1.165, 1.54) is 0 Å². The number of ether oxygens (including phenoxy) is 1. The zero-order chi connectivity index (χ0) is 24.5. The number of unbranched alkanes of at least 4 members (excludes halogenated alkanes) is 2. The molecule has 2 aromatic carbocycles. The third-order valence-electron chi connectivity index (χ3n) is 6.68. The summed E-state index contributed by atoms with van der Waals surface area (Å²) in [6.07, 6.45) is 4.78. The first kappa shape index (κ1) is 23.0. The van der Waals surface area contributed by atoms with Gasteiger partial charge in [-0.2, -0.15) is 0 Å². The van der Waals surface area contributed by atoms with Crippen LogP contribution in [0.3, 0.4) is 0 Å². The predicted octanol–water partition coefficient (Wildman–Crippen LogP) is 6.32. The molecule has 2 aromatic heterocycles. The van der Waals surface area contributed by atoms with Gasteiger partial charge in [-0.05, 0) is 73.4 Å². The van der Waals surface area contributed by atoms with Crippen molar-refractivity contribution in [3.8, 4) is 5.75 Å². The zero-order valence-corrected chi connectivity index (χ0v) is 20.3. The van der Waals surface area contributed by atoms with Crippen molar-refractivity contribution in [1.82, 2.24) is 4.90 Å². The molecule has 180 valence electrons. The molecule has 0 aliphatic carbocycles. The lowest BCUT2D eigenvalue weighted by molar-refractivity contribution is 0.0701. The summed E-state index contributed by atoms with van der Waals surface area (Å²) in [5.74, 6) is 1.12. The predicted molar refractivity (Wildman–Crippen MR) is 134 cm³/mol. The second-order valence-corrected chi connectivity index (χ2v) is 9.15. The van der Waals surface area contributed by atoms with Gasteiger partial charge in [-0.15, -0.1) is 0 Å². The number of fused-ring (bicyclic) bond motifs is 2. The van der Waals surface area contributed by atoms with Gasteiger partial charge in [0.2, 0.25) is 5.76 Å². The van der Waals surface area contributed by atoms with Crippen LogP contribution in [0.2, 0.25) is 0 Å². The monoisotopic (exact) mass is 471 g/mol. The summed E-state index contributed by atoms with van der Waals surface area (Å²) < 4.78 is 17.6. The second-order valence-electron chi connectivity index (χ2n) is 9.15. The molecular formula is C29H29NO5. The number of carbonyl (C=O) groups excluding carboxylic acids is 1. The number of benzene rings is 2. The highest BCUT2D eigenvalue weighted by Crippen LogP contribution is 2.40. The molecular weight excluding hydrogens is 442 g/mol. The third-order valence-corrected chi connectivity index (χ3v) is 6.68. The topological polar surface area (TPSA) is 72.9 Å². The molecule has 1 atom stereocenters. The van der Waals surface area contributed by atoms with Crippen molar-refractivity contribution >= 4 is 16.9 Å². The van der Waals surface area contributed by atoms with E-state index in [0.29, 0.717) is 34.6 Å². The van der Waals surface area contributed by atoms with Gasteiger partial charge in [0.15, 0.2) is 5.43 Å². The minimum Gasteiger partial charge on any atom is -0.494 e. The van der Waals surface area contributed by atoms with Crippen LogP contribution in [0.15, 0.2) is 68.4 Å². The first-order valence-electron chi connectivity index (χ1n) is 12.1. The Labute approximate surface area is 204 Å². The van der Waals surface area contributed by atoms with E-state index in [2.05, 4.69) is 6.92 Å². The van der Waals surface area contributed by atoms with E-state index in [1.807, 2.05) is 56.3 Å². The molecule has 4 aromatic rings. The second kappa shape index (κ2) is 9.45. The van der Waals surface area contributed by atoms with Gasteiger partial charge in [0, 0.05) is 0 Å². The maximum absolute atomic E-state index is 13.8. The van der Waals surface area contributed by atoms with Gasteiger partial charge in [0.05, 0.1) is 36.4 Å². The van der Waals surface area contributed by atoms with Crippen molar-refractivity contribution in [2.24, 2.45) is 0 Å². The molecule has 3 heterocycles. The Kier molecular flexibility index (Phi) is 6.20. The molecule has 6 nitrogen and oxygen atoms in total. The average molecular weight is 472 g/mol. The molecule has 1 aliphatic heterocycles. The lowest BCUT2D eigenvalue weighted by Crippen LogP contribution is -2.29. The average Bonchev–Trinajstić information content (AvgIpc) is 3.46. The number of furan rings is 1. The fraction of sp³-hybridized carbons (Fsp3) is 0.310. The normalized spacial score (nSPS) is 15.1. The molecule has 6 heteroatoms. The lowest BCUT2D eigenvalue weighted by Gasteiger charge is -2.24. The molecule has 0 saturated heterocycles. The van der Waals surface area contributed by atoms with Crippen LogP contribution in [0.4, 0.5) is 0 Å². The molecule has 0 saturated carbocycles. The molecule has 0 fully saturated rings. The number of rotatable bonds is 8. The number of carbonyl (C=O) groups is 1. The Bertz CT molecular complexity index is 1430. The molecule has 0 N–H and O–H groups in total. The van der Waals surface area contributed by atoms with Crippen LogP contribution in [0.1, 0.15) is 70.8 Å². The molecule has 1 amide bonds. The Hall–Kier alpha value is -3.80. The van der Waals surface area contributed by atoms with Crippen LogP contribution in [-0.2, 0) is 6.54 Å². The van der Waals surface area contributed by atoms with Gasteiger partial charge in [-0.3, -0.25) is 9.59 Å². The first-order valence-corrected chi connectivity index (χ1v) is 12.1. The van der Waals surface area contributed by atoms with Gasteiger partial charge in [0.1, 0.15) is 17.1 Å². The maximum atomic E-state index is 13.8. The van der Waals surface area contributed by atoms with E-state index < -0.39 is 6.04 Å². The molecule has 0 radical (unpaired) electrons. The van der Waals surface area contributed by atoms with E-state index in [9.17, 15) is 9.59 Å². The van der Waals surface area contributed by atoms with Crippen LogP contribution in [0, 0.1) is 13.8 Å². The maximum Gasteiger partial charge on any atom is 0.291 e. The van der Waals surface area contributed by atoms with Gasteiger partial charge < -0.3 is 18.5 Å². The van der Waals surface area contributed by atoms with Gasteiger partial charge in [-0.25, -0.2) is 0 Å². The number of hydrogen-bond donors (Lipinski definition) is 0. The van der Waals surface area contributed by atoms with E-state index in [-0.39, 0.29) is 23.6 Å². The number of hydrogen-bond acceptors (Lipinski definition) is 5. The van der Waals surface area contributed by atoms with Crippen molar-refractivity contribution < 1.29 is 18.4 Å². The van der Waals surface area contributed by atoms with Crippen LogP contribution in [0.5, 0.6) is 5.75 Å². The largest absolute Gasteiger partial charge is 0.494 e. The highest BCUT2D eigenvalue weighted by molar-refractivity contribution is 5.99. The first-order chi connectivity index (χ1) is 17.0. The van der Waals surface area contributed by atoms with Crippen molar-refractivity contribution in [3.05, 3.63) is 98.8 Å². The van der Waals surface area contributed by atoms with Gasteiger partial charge >= 0.3 is 0 Å². The van der Waals surface area contributed by atoms with Crippen molar-refractivity contribution in [1.29, 1.82) is 0 Å². The summed E-state index contributed by atoms with van der Waals surface area (Å²) in [5.41, 5.74) is 3.41. The number of aryl methyl sites for hydroxylation is 2. The summed E-state index contributed by atoms with van der Waals surface area (Å²) >= 11 is 0. The molecule has 0 bridgehead atoms. The minimum absolute atomic E-state index is 0.0941. The van der Waals surface area contributed by atoms with Gasteiger partial charge in [0.25, 0.3) is 5.91 Å². The van der Waals surface area contributed by atoms with E-state index in [0.717, 1.165) is 36.0 Å². The van der Waals surface area contributed by atoms with E-state index >= 15 is 0 Å².